The lowest BCUT2D eigenvalue weighted by Gasteiger charge is -2.25. The summed E-state index contributed by atoms with van der Waals surface area (Å²) in [4.78, 5) is 1.89. The second-order valence-electron chi connectivity index (χ2n) is 4.37. The fraction of sp³-hybridized carbons (Fsp3) is 0.133. The molecule has 3 N–H and O–H groups in total. The van der Waals surface area contributed by atoms with Crippen molar-refractivity contribution in [3.8, 4) is 0 Å². The third-order valence-electron chi connectivity index (χ3n) is 3.07. The summed E-state index contributed by atoms with van der Waals surface area (Å²) in [6, 6.07) is 11.7. The molecule has 0 saturated carbocycles. The molecule has 2 aromatic rings. The van der Waals surface area contributed by atoms with Crippen molar-refractivity contribution in [2.24, 2.45) is 10.9 Å². The lowest BCUT2D eigenvalue weighted by molar-refractivity contribution is 0.318. The molecule has 4 nitrogen and oxygen atoms in total. The van der Waals surface area contributed by atoms with Gasteiger partial charge in [0.05, 0.1) is 5.69 Å². The van der Waals surface area contributed by atoms with E-state index in [9.17, 15) is 4.39 Å². The Hall–Kier alpha value is -2.08. The van der Waals surface area contributed by atoms with Crippen molar-refractivity contribution < 1.29 is 9.60 Å². The molecule has 0 unspecified atom stereocenters. The third-order valence-corrected chi connectivity index (χ3v) is 3.56. The molecule has 110 valence electrons. The molecule has 6 heteroatoms. The zero-order valence-corrected chi connectivity index (χ0v) is 13.0. The van der Waals surface area contributed by atoms with Crippen molar-refractivity contribution in [3.63, 3.8) is 0 Å². The Balaban J connectivity index is 2.57. The smallest absolute Gasteiger partial charge is 0.172 e. The van der Waals surface area contributed by atoms with Gasteiger partial charge in [-0.05, 0) is 43.3 Å². The highest BCUT2D eigenvalue weighted by Gasteiger charge is 2.15. The summed E-state index contributed by atoms with van der Waals surface area (Å²) in [5.74, 6) is -0.311. The highest BCUT2D eigenvalue weighted by Crippen LogP contribution is 2.30. The molecule has 0 radical (unpaired) electrons. The Labute approximate surface area is 130 Å². The van der Waals surface area contributed by atoms with Gasteiger partial charge in [0.2, 0.25) is 0 Å². The van der Waals surface area contributed by atoms with Crippen LogP contribution in [0.4, 0.5) is 15.8 Å². The fourth-order valence-corrected chi connectivity index (χ4v) is 2.50. The molecule has 0 amide bonds. The van der Waals surface area contributed by atoms with E-state index in [4.69, 9.17) is 10.9 Å². The van der Waals surface area contributed by atoms with Gasteiger partial charge in [-0.25, -0.2) is 4.39 Å². The number of benzene rings is 2. The number of rotatable bonds is 4. The Morgan fingerprint density at radius 2 is 2.10 bits per heavy atom. The van der Waals surface area contributed by atoms with Gasteiger partial charge in [0.15, 0.2) is 5.84 Å². The molecule has 0 aliphatic carbocycles. The average Bonchev–Trinajstić information content (AvgIpc) is 2.48. The molecule has 0 saturated heterocycles. The average molecular weight is 352 g/mol. The van der Waals surface area contributed by atoms with Crippen molar-refractivity contribution in [2.75, 3.05) is 11.4 Å². The van der Waals surface area contributed by atoms with Crippen molar-refractivity contribution >= 4 is 33.1 Å². The van der Waals surface area contributed by atoms with Gasteiger partial charge in [-0.3, -0.25) is 0 Å². The monoisotopic (exact) mass is 351 g/mol. The van der Waals surface area contributed by atoms with Crippen molar-refractivity contribution in [2.45, 2.75) is 6.92 Å². The molecule has 2 rings (SSSR count). The number of anilines is 2. The second-order valence-corrected chi connectivity index (χ2v) is 5.29. The molecule has 2 aromatic carbocycles. The zero-order valence-electron chi connectivity index (χ0n) is 11.4. The number of halogens is 2. The van der Waals surface area contributed by atoms with Gasteiger partial charge in [-0.2, -0.15) is 0 Å². The van der Waals surface area contributed by atoms with E-state index in [-0.39, 0.29) is 11.7 Å². The van der Waals surface area contributed by atoms with Crippen LogP contribution in [0.5, 0.6) is 0 Å². The zero-order chi connectivity index (χ0) is 15.4. The van der Waals surface area contributed by atoms with Crippen LogP contribution in [0, 0.1) is 5.82 Å². The van der Waals surface area contributed by atoms with Crippen LogP contribution in [0.25, 0.3) is 0 Å². The molecule has 0 aliphatic rings. The summed E-state index contributed by atoms with van der Waals surface area (Å²) >= 11 is 3.36. The van der Waals surface area contributed by atoms with E-state index in [2.05, 4.69) is 21.1 Å². The van der Waals surface area contributed by atoms with Crippen LogP contribution in [-0.4, -0.2) is 17.6 Å². The summed E-state index contributed by atoms with van der Waals surface area (Å²) in [6.45, 7) is 2.56. The van der Waals surface area contributed by atoms with Crippen LogP contribution in [0.15, 0.2) is 52.1 Å². The predicted molar refractivity (Wildman–Crippen MR) is 85.7 cm³/mol. The van der Waals surface area contributed by atoms with E-state index in [0.29, 0.717) is 17.8 Å². The molecule has 0 fully saturated rings. The van der Waals surface area contributed by atoms with Gasteiger partial charge in [0.25, 0.3) is 0 Å². The minimum Gasteiger partial charge on any atom is -0.409 e. The molecule has 0 atom stereocenters. The highest BCUT2D eigenvalue weighted by molar-refractivity contribution is 9.10. The van der Waals surface area contributed by atoms with Crippen molar-refractivity contribution in [3.05, 3.63) is 58.3 Å². The minimum absolute atomic E-state index is 0.00107. The van der Waals surface area contributed by atoms with Gasteiger partial charge < -0.3 is 15.8 Å². The van der Waals surface area contributed by atoms with Crippen LogP contribution in [0.3, 0.4) is 0 Å². The third kappa shape index (κ3) is 3.33. The molecule has 0 heterocycles. The molecule has 0 aromatic heterocycles. The maximum Gasteiger partial charge on any atom is 0.172 e. The first-order valence-corrected chi connectivity index (χ1v) is 7.16. The minimum atomic E-state index is -0.312. The lowest BCUT2D eigenvalue weighted by atomic mass is 10.1. The van der Waals surface area contributed by atoms with E-state index in [0.717, 1.165) is 10.2 Å². The van der Waals surface area contributed by atoms with Crippen LogP contribution < -0.4 is 10.6 Å². The Morgan fingerprint density at radius 1 is 1.33 bits per heavy atom. The number of oxime groups is 1. The fourth-order valence-electron chi connectivity index (χ4n) is 2.14. The van der Waals surface area contributed by atoms with Crippen LogP contribution in [0.1, 0.15) is 12.5 Å². The van der Waals surface area contributed by atoms with Crippen molar-refractivity contribution in [1.82, 2.24) is 0 Å². The first-order chi connectivity index (χ1) is 10.1. The van der Waals surface area contributed by atoms with E-state index in [1.807, 2.05) is 30.0 Å². The second kappa shape index (κ2) is 6.58. The predicted octanol–water partition coefficient (Wildman–Crippen LogP) is 3.84. The number of nitrogens with zero attached hydrogens (tertiary/aromatic N) is 2. The Bertz CT molecular complexity index is 676. The first kappa shape index (κ1) is 15.3. The van der Waals surface area contributed by atoms with Crippen LogP contribution >= 0.6 is 15.9 Å². The summed E-state index contributed by atoms with van der Waals surface area (Å²) < 4.78 is 14.3. The van der Waals surface area contributed by atoms with Crippen LogP contribution in [0.2, 0.25) is 0 Å². The quantitative estimate of drug-likeness (QED) is 0.380. The van der Waals surface area contributed by atoms with Gasteiger partial charge in [-0.15, -0.1) is 0 Å². The summed E-state index contributed by atoms with van der Waals surface area (Å²) in [5, 5.41) is 12.0. The molecular formula is C15H15BrFN3O. The maximum atomic E-state index is 13.4. The van der Waals surface area contributed by atoms with Crippen LogP contribution in [-0.2, 0) is 0 Å². The molecule has 0 spiro atoms. The van der Waals surface area contributed by atoms with Crippen molar-refractivity contribution in [1.29, 1.82) is 0 Å². The Kier molecular flexibility index (Phi) is 4.80. The van der Waals surface area contributed by atoms with E-state index in [1.54, 1.807) is 12.1 Å². The molecular weight excluding hydrogens is 337 g/mol. The van der Waals surface area contributed by atoms with Gasteiger partial charge in [0, 0.05) is 22.3 Å². The first-order valence-electron chi connectivity index (χ1n) is 6.37. The SMILES string of the molecule is CCN(c1cccc(F)c1)c1ccc(Br)cc1/C(N)=N/O. The van der Waals surface area contributed by atoms with E-state index < -0.39 is 0 Å². The van der Waals surface area contributed by atoms with Gasteiger partial charge in [0.1, 0.15) is 5.82 Å². The van der Waals surface area contributed by atoms with Gasteiger partial charge in [-0.1, -0.05) is 27.2 Å². The molecule has 0 aliphatic heterocycles. The standard InChI is InChI=1S/C15H15BrFN3O/c1-2-20(12-5-3-4-11(17)9-12)14-7-6-10(16)8-13(14)15(18)19-21/h3-9,21H,2H2,1H3,(H2,18,19). The molecule has 0 bridgehead atoms. The highest BCUT2D eigenvalue weighted by atomic mass is 79.9. The topological polar surface area (TPSA) is 61.8 Å². The summed E-state index contributed by atoms with van der Waals surface area (Å²) in [5.41, 5.74) is 7.75. The van der Waals surface area contributed by atoms with Gasteiger partial charge >= 0.3 is 0 Å². The summed E-state index contributed by atoms with van der Waals surface area (Å²) in [6.07, 6.45) is 0. The normalized spacial score (nSPS) is 11.5. The number of hydrogen-bond acceptors (Lipinski definition) is 3. The lowest BCUT2D eigenvalue weighted by Crippen LogP contribution is -2.22. The largest absolute Gasteiger partial charge is 0.409 e. The number of hydrogen-bond donors (Lipinski definition) is 2. The number of nitrogens with two attached hydrogens (primary N) is 1. The van der Waals surface area contributed by atoms with E-state index in [1.165, 1.54) is 12.1 Å². The van der Waals surface area contributed by atoms with E-state index >= 15 is 0 Å². The maximum absolute atomic E-state index is 13.4. The summed E-state index contributed by atoms with van der Waals surface area (Å²) in [7, 11) is 0. The molecule has 21 heavy (non-hydrogen) atoms. The number of amidine groups is 1. The Morgan fingerprint density at radius 3 is 2.71 bits per heavy atom.